The molecule has 2 N–H and O–H groups in total. The number of para-hydroxylation sites is 2. The molecule has 1 aliphatic heterocycles. The minimum atomic E-state index is -0.387. The van der Waals surface area contributed by atoms with Gasteiger partial charge in [-0.05, 0) is 31.0 Å². The predicted molar refractivity (Wildman–Crippen MR) is 130 cm³/mol. The SMILES string of the molecule is CCNC(=NCc1cccc([N+](=O)[O-])c1)NC1CCN(c2ccccc2OC)C1.I. The molecule has 2 aromatic carbocycles. The number of non-ortho nitro benzene ring substituents is 1. The van der Waals surface area contributed by atoms with E-state index in [2.05, 4.69) is 26.6 Å². The number of hydrogen-bond acceptors (Lipinski definition) is 5. The van der Waals surface area contributed by atoms with Gasteiger partial charge in [0.25, 0.3) is 5.69 Å². The van der Waals surface area contributed by atoms with Crippen LogP contribution in [-0.2, 0) is 6.54 Å². The first-order valence-corrected chi connectivity index (χ1v) is 9.77. The lowest BCUT2D eigenvalue weighted by Crippen LogP contribution is -2.44. The van der Waals surface area contributed by atoms with E-state index in [4.69, 9.17) is 4.74 Å². The summed E-state index contributed by atoms with van der Waals surface area (Å²) in [7, 11) is 1.69. The molecule has 1 fully saturated rings. The van der Waals surface area contributed by atoms with Crippen molar-refractivity contribution >= 4 is 41.3 Å². The molecule has 1 heterocycles. The van der Waals surface area contributed by atoms with Crippen molar-refractivity contribution in [3.05, 3.63) is 64.2 Å². The van der Waals surface area contributed by atoms with Crippen molar-refractivity contribution in [2.75, 3.05) is 31.6 Å². The first kappa shape index (κ1) is 23.7. The zero-order chi connectivity index (χ0) is 20.6. The molecule has 1 atom stereocenters. The van der Waals surface area contributed by atoms with Gasteiger partial charge >= 0.3 is 0 Å². The normalized spacial score (nSPS) is 16.0. The number of halogens is 1. The average Bonchev–Trinajstić information content (AvgIpc) is 3.20. The van der Waals surface area contributed by atoms with Gasteiger partial charge in [-0.15, -0.1) is 24.0 Å². The Morgan fingerprint density at radius 3 is 2.83 bits per heavy atom. The number of guanidine groups is 1. The minimum absolute atomic E-state index is 0. The van der Waals surface area contributed by atoms with E-state index in [9.17, 15) is 10.1 Å². The maximum Gasteiger partial charge on any atom is 0.269 e. The summed E-state index contributed by atoms with van der Waals surface area (Å²) >= 11 is 0. The highest BCUT2D eigenvalue weighted by atomic mass is 127. The quantitative estimate of drug-likeness (QED) is 0.189. The third kappa shape index (κ3) is 6.22. The van der Waals surface area contributed by atoms with Gasteiger partial charge in [0, 0.05) is 37.8 Å². The fourth-order valence-electron chi connectivity index (χ4n) is 3.44. The molecule has 0 radical (unpaired) electrons. The molecule has 8 nitrogen and oxygen atoms in total. The number of nitro groups is 1. The number of aliphatic imine (C=N–C) groups is 1. The van der Waals surface area contributed by atoms with E-state index in [1.165, 1.54) is 6.07 Å². The molecule has 162 valence electrons. The maximum atomic E-state index is 10.9. The van der Waals surface area contributed by atoms with E-state index in [0.717, 1.165) is 43.1 Å². The van der Waals surface area contributed by atoms with Gasteiger partial charge in [0.05, 0.1) is 24.3 Å². The number of nitrogens with one attached hydrogen (secondary N) is 2. The Kier molecular flexibility index (Phi) is 9.15. The van der Waals surface area contributed by atoms with E-state index in [-0.39, 0.29) is 40.6 Å². The Balaban J connectivity index is 0.00000320. The number of hydrogen-bond donors (Lipinski definition) is 2. The molecular formula is C21H28IN5O3. The highest BCUT2D eigenvalue weighted by molar-refractivity contribution is 14.0. The summed E-state index contributed by atoms with van der Waals surface area (Å²) in [6.07, 6.45) is 0.985. The third-order valence-electron chi connectivity index (χ3n) is 4.84. The lowest BCUT2D eigenvalue weighted by Gasteiger charge is -2.22. The van der Waals surface area contributed by atoms with E-state index in [1.807, 2.05) is 31.2 Å². The summed E-state index contributed by atoms with van der Waals surface area (Å²) < 4.78 is 5.48. The number of nitrogens with zero attached hydrogens (tertiary/aromatic N) is 3. The van der Waals surface area contributed by atoms with Crippen molar-refractivity contribution in [1.29, 1.82) is 0 Å². The van der Waals surface area contributed by atoms with E-state index >= 15 is 0 Å². The summed E-state index contributed by atoms with van der Waals surface area (Å²) in [5.74, 6) is 1.59. The molecule has 0 saturated carbocycles. The van der Waals surface area contributed by atoms with Crippen LogP contribution in [0.5, 0.6) is 5.75 Å². The van der Waals surface area contributed by atoms with Gasteiger partial charge in [0.1, 0.15) is 5.75 Å². The Morgan fingerprint density at radius 1 is 1.30 bits per heavy atom. The highest BCUT2D eigenvalue weighted by Crippen LogP contribution is 2.30. The summed E-state index contributed by atoms with van der Waals surface area (Å²) in [6, 6.07) is 14.9. The number of methoxy groups -OCH3 is 1. The smallest absolute Gasteiger partial charge is 0.269 e. The zero-order valence-corrected chi connectivity index (χ0v) is 19.5. The molecular weight excluding hydrogens is 497 g/mol. The largest absolute Gasteiger partial charge is 0.495 e. The van der Waals surface area contributed by atoms with Gasteiger partial charge in [-0.25, -0.2) is 4.99 Å². The van der Waals surface area contributed by atoms with E-state index in [1.54, 1.807) is 19.2 Å². The number of benzene rings is 2. The molecule has 1 aliphatic rings. The predicted octanol–water partition coefficient (Wildman–Crippen LogP) is 3.56. The molecule has 0 aliphatic carbocycles. The first-order valence-electron chi connectivity index (χ1n) is 9.77. The molecule has 0 bridgehead atoms. The van der Waals surface area contributed by atoms with Gasteiger partial charge in [-0.1, -0.05) is 24.3 Å². The number of ether oxygens (including phenoxy) is 1. The van der Waals surface area contributed by atoms with Gasteiger partial charge in [0.15, 0.2) is 5.96 Å². The van der Waals surface area contributed by atoms with Gasteiger partial charge in [0.2, 0.25) is 0 Å². The number of rotatable bonds is 7. The fourth-order valence-corrected chi connectivity index (χ4v) is 3.44. The van der Waals surface area contributed by atoms with Crippen LogP contribution in [0, 0.1) is 10.1 Å². The second kappa shape index (κ2) is 11.6. The number of anilines is 1. The van der Waals surface area contributed by atoms with Gasteiger partial charge in [-0.3, -0.25) is 10.1 Å². The van der Waals surface area contributed by atoms with Gasteiger partial charge in [-0.2, -0.15) is 0 Å². The Labute approximate surface area is 193 Å². The molecule has 2 aromatic rings. The molecule has 1 saturated heterocycles. The summed E-state index contributed by atoms with van der Waals surface area (Å²) in [6.45, 7) is 4.91. The molecule has 30 heavy (non-hydrogen) atoms. The fraction of sp³-hybridized carbons (Fsp3) is 0.381. The van der Waals surface area contributed by atoms with Crippen LogP contribution >= 0.6 is 24.0 Å². The lowest BCUT2D eigenvalue weighted by molar-refractivity contribution is -0.384. The first-order chi connectivity index (χ1) is 14.1. The second-order valence-corrected chi connectivity index (χ2v) is 6.87. The van der Waals surface area contributed by atoms with Crippen LogP contribution in [0.25, 0.3) is 0 Å². The van der Waals surface area contributed by atoms with Crippen molar-refractivity contribution < 1.29 is 9.66 Å². The summed E-state index contributed by atoms with van der Waals surface area (Å²) in [4.78, 5) is 17.5. The maximum absolute atomic E-state index is 10.9. The lowest BCUT2D eigenvalue weighted by atomic mass is 10.2. The van der Waals surface area contributed by atoms with Crippen LogP contribution in [0.2, 0.25) is 0 Å². The Bertz CT molecular complexity index is 877. The standard InChI is InChI=1S/C21H27N5O3.HI/c1-3-22-21(23-14-16-7-6-8-18(13-16)26(27)28)24-17-11-12-25(15-17)19-9-4-5-10-20(19)29-2;/h4-10,13,17H,3,11-12,14-15H2,1-2H3,(H2,22,23,24);1H. The topological polar surface area (TPSA) is 92.0 Å². The van der Waals surface area contributed by atoms with E-state index in [0.29, 0.717) is 12.5 Å². The van der Waals surface area contributed by atoms with Crippen LogP contribution in [0.15, 0.2) is 53.5 Å². The summed E-state index contributed by atoms with van der Waals surface area (Å²) in [5, 5.41) is 17.7. The van der Waals surface area contributed by atoms with Crippen LogP contribution < -0.4 is 20.3 Å². The van der Waals surface area contributed by atoms with Crippen molar-refractivity contribution in [2.45, 2.75) is 25.9 Å². The zero-order valence-electron chi connectivity index (χ0n) is 17.2. The third-order valence-corrected chi connectivity index (χ3v) is 4.84. The van der Waals surface area contributed by atoms with Crippen molar-refractivity contribution in [2.24, 2.45) is 4.99 Å². The molecule has 0 spiro atoms. The Morgan fingerprint density at radius 2 is 2.10 bits per heavy atom. The molecule has 9 heteroatoms. The van der Waals surface area contributed by atoms with Crippen molar-refractivity contribution in [3.63, 3.8) is 0 Å². The molecule has 1 unspecified atom stereocenters. The van der Waals surface area contributed by atoms with Gasteiger partial charge < -0.3 is 20.3 Å². The second-order valence-electron chi connectivity index (χ2n) is 6.87. The highest BCUT2D eigenvalue weighted by Gasteiger charge is 2.25. The van der Waals surface area contributed by atoms with Crippen LogP contribution in [0.3, 0.4) is 0 Å². The molecule has 0 aromatic heterocycles. The van der Waals surface area contributed by atoms with Crippen LogP contribution in [0.1, 0.15) is 18.9 Å². The monoisotopic (exact) mass is 525 g/mol. The van der Waals surface area contributed by atoms with E-state index < -0.39 is 0 Å². The average molecular weight is 525 g/mol. The number of nitro benzene ring substituents is 1. The van der Waals surface area contributed by atoms with Crippen molar-refractivity contribution in [1.82, 2.24) is 10.6 Å². The van der Waals surface area contributed by atoms with Crippen LogP contribution in [-0.4, -0.2) is 43.7 Å². The Hall–Kier alpha value is -2.56. The summed E-state index contributed by atoms with van der Waals surface area (Å²) in [5.41, 5.74) is 1.98. The minimum Gasteiger partial charge on any atom is -0.495 e. The molecule has 3 rings (SSSR count). The van der Waals surface area contributed by atoms with Crippen molar-refractivity contribution in [3.8, 4) is 5.75 Å². The van der Waals surface area contributed by atoms with Crippen LogP contribution in [0.4, 0.5) is 11.4 Å². The molecule has 0 amide bonds.